The van der Waals surface area contributed by atoms with Crippen LogP contribution in [0.5, 0.6) is 0 Å². The zero-order valence-electron chi connectivity index (χ0n) is 16.7. The molecule has 9 nitrogen and oxygen atoms in total. The maximum Gasteiger partial charge on any atom is 0.386 e. The zero-order valence-corrected chi connectivity index (χ0v) is 16.7. The van der Waals surface area contributed by atoms with Crippen molar-refractivity contribution in [2.45, 2.75) is 50.0 Å². The first kappa shape index (κ1) is 22.9. The van der Waals surface area contributed by atoms with Crippen LogP contribution < -0.4 is 0 Å². The van der Waals surface area contributed by atoms with E-state index in [9.17, 15) is 30.0 Å². The van der Waals surface area contributed by atoms with Gasteiger partial charge in [-0.1, -0.05) is 54.6 Å². The van der Waals surface area contributed by atoms with Crippen molar-refractivity contribution in [3.8, 4) is 0 Å². The van der Waals surface area contributed by atoms with Crippen LogP contribution in [0.2, 0.25) is 0 Å². The van der Waals surface area contributed by atoms with E-state index < -0.39 is 48.6 Å². The van der Waals surface area contributed by atoms with E-state index in [1.165, 1.54) is 0 Å². The molecule has 1 aliphatic rings. The molecule has 166 valence electrons. The lowest BCUT2D eigenvalue weighted by atomic mass is 9.96. The van der Waals surface area contributed by atoms with E-state index in [4.69, 9.17) is 4.74 Å². The largest absolute Gasteiger partial charge is 0.387 e. The van der Waals surface area contributed by atoms with Crippen molar-refractivity contribution in [1.82, 2.24) is 0 Å². The number of aliphatic hydroxyl groups excluding tert-OH is 4. The van der Waals surface area contributed by atoms with E-state index in [0.29, 0.717) is 12.0 Å². The van der Waals surface area contributed by atoms with Gasteiger partial charge in [0.2, 0.25) is 0 Å². The molecule has 1 fully saturated rings. The maximum atomic E-state index is 12.3. The fourth-order valence-corrected chi connectivity index (χ4v) is 3.20. The second kappa shape index (κ2) is 9.99. The molecular weight excluding hydrogens is 408 g/mol. The summed E-state index contributed by atoms with van der Waals surface area (Å²) in [6.45, 7) is 1.58. The van der Waals surface area contributed by atoms with Crippen LogP contribution in [0.15, 0.2) is 54.6 Å². The normalized spacial score (nSPS) is 26.7. The summed E-state index contributed by atoms with van der Waals surface area (Å²) in [5.74, 6) is -2.97. The summed E-state index contributed by atoms with van der Waals surface area (Å²) in [6.07, 6.45) is -8.60. The Hall–Kier alpha value is -2.82. The third-order valence-electron chi connectivity index (χ3n) is 5.08. The van der Waals surface area contributed by atoms with Crippen LogP contribution in [0.4, 0.5) is 0 Å². The van der Waals surface area contributed by atoms with E-state index in [-0.39, 0.29) is 0 Å². The van der Waals surface area contributed by atoms with E-state index in [0.717, 1.165) is 11.1 Å². The highest BCUT2D eigenvalue weighted by Gasteiger charge is 2.47. The first-order valence-corrected chi connectivity index (χ1v) is 9.70. The average molecular weight is 432 g/mol. The molecule has 1 aliphatic heterocycles. The molecule has 2 aromatic carbocycles. The van der Waals surface area contributed by atoms with Gasteiger partial charge in [-0.25, -0.2) is 19.4 Å². The predicted octanol–water partition coefficient (Wildman–Crippen LogP) is 0.182. The summed E-state index contributed by atoms with van der Waals surface area (Å²) < 4.78 is 4.72. The molecule has 6 atom stereocenters. The Bertz CT molecular complexity index is 901. The molecule has 3 rings (SSSR count). The Morgan fingerprint density at radius 3 is 2.29 bits per heavy atom. The van der Waals surface area contributed by atoms with Gasteiger partial charge in [-0.15, -0.1) is 0 Å². The molecular formula is C22H24O9. The van der Waals surface area contributed by atoms with Gasteiger partial charge in [0.15, 0.2) is 12.4 Å². The minimum Gasteiger partial charge on any atom is -0.387 e. The highest BCUT2D eigenvalue weighted by Crippen LogP contribution is 2.23. The summed E-state index contributed by atoms with van der Waals surface area (Å²) >= 11 is 0. The summed E-state index contributed by atoms with van der Waals surface area (Å²) in [7, 11) is 0. The number of benzene rings is 2. The van der Waals surface area contributed by atoms with Gasteiger partial charge < -0.3 is 25.2 Å². The quantitative estimate of drug-likeness (QED) is 0.384. The molecule has 9 heteroatoms. The zero-order chi connectivity index (χ0) is 22.5. The van der Waals surface area contributed by atoms with Gasteiger partial charge >= 0.3 is 11.9 Å². The Balaban J connectivity index is 1.58. The van der Waals surface area contributed by atoms with Crippen LogP contribution in [0.3, 0.4) is 0 Å². The van der Waals surface area contributed by atoms with Crippen LogP contribution in [0.25, 0.3) is 0 Å². The van der Waals surface area contributed by atoms with Crippen molar-refractivity contribution in [1.29, 1.82) is 0 Å². The second-order valence-electron chi connectivity index (χ2n) is 7.35. The molecule has 0 radical (unpaired) electrons. The molecule has 0 aliphatic carbocycles. The van der Waals surface area contributed by atoms with E-state index in [1.807, 2.05) is 48.5 Å². The number of ether oxygens (including phenoxy) is 1. The fourth-order valence-electron chi connectivity index (χ4n) is 3.20. The van der Waals surface area contributed by atoms with Crippen molar-refractivity contribution >= 4 is 11.9 Å². The molecule has 1 saturated heterocycles. The average Bonchev–Trinajstić information content (AvgIpc) is 2.78. The summed E-state index contributed by atoms with van der Waals surface area (Å²) in [4.78, 5) is 33.4. The third-order valence-corrected chi connectivity index (χ3v) is 5.08. The maximum absolute atomic E-state index is 12.3. The molecule has 0 aromatic heterocycles. The lowest BCUT2D eigenvalue weighted by Gasteiger charge is -2.36. The van der Waals surface area contributed by atoms with E-state index in [2.05, 4.69) is 9.78 Å². The molecule has 4 N–H and O–H groups in total. The minimum absolute atomic E-state index is 0.650. The standard InChI is InChI=1S/C22H24O9/c1-12(15-9-5-8-14(11-15)10-13-6-3-2-4-7-13)20(26)30-31-22(28)19-17(24)16(23)18(25)21(27)29-19/h2-9,11-12,16-19,21,23-25,27H,10H2,1H3/t12-,16+,17+,18-,19+,21-/m1/s1. The molecule has 0 bridgehead atoms. The van der Waals surface area contributed by atoms with Gasteiger partial charge in [-0.2, -0.15) is 0 Å². The van der Waals surface area contributed by atoms with Crippen LogP contribution in [0, 0.1) is 0 Å². The Morgan fingerprint density at radius 1 is 0.903 bits per heavy atom. The lowest BCUT2D eigenvalue weighted by molar-refractivity contribution is -0.305. The molecule has 0 amide bonds. The van der Waals surface area contributed by atoms with Crippen molar-refractivity contribution in [2.24, 2.45) is 0 Å². The molecule has 0 saturated carbocycles. The first-order chi connectivity index (χ1) is 14.8. The van der Waals surface area contributed by atoms with E-state index in [1.54, 1.807) is 13.0 Å². The molecule has 0 spiro atoms. The van der Waals surface area contributed by atoms with Gasteiger partial charge in [-0.05, 0) is 30.0 Å². The molecule has 0 unspecified atom stereocenters. The summed E-state index contributed by atoms with van der Waals surface area (Å²) in [6, 6.07) is 17.1. The van der Waals surface area contributed by atoms with Gasteiger partial charge in [0.05, 0.1) is 5.92 Å². The first-order valence-electron chi connectivity index (χ1n) is 9.70. The van der Waals surface area contributed by atoms with Crippen molar-refractivity contribution < 1.29 is 44.5 Å². The van der Waals surface area contributed by atoms with Crippen molar-refractivity contribution in [2.75, 3.05) is 0 Å². The van der Waals surface area contributed by atoms with E-state index >= 15 is 0 Å². The van der Waals surface area contributed by atoms with Gasteiger partial charge in [-0.3, -0.25) is 0 Å². The number of rotatable bonds is 5. The summed E-state index contributed by atoms with van der Waals surface area (Å²) in [5.41, 5.74) is 2.75. The predicted molar refractivity (Wildman–Crippen MR) is 105 cm³/mol. The number of carbonyl (C=O) groups excluding carboxylic acids is 2. The molecule has 1 heterocycles. The number of hydrogen-bond acceptors (Lipinski definition) is 9. The Kier molecular flexibility index (Phi) is 7.37. The SMILES string of the molecule is C[C@@H](C(=O)OOC(=O)[C@H]1O[C@@H](O)[C@H](O)[C@@H](O)[C@@H]1O)c1cccc(Cc2ccccc2)c1. The number of aliphatic hydroxyl groups is 4. The highest BCUT2D eigenvalue weighted by atomic mass is 17.2. The second-order valence-corrected chi connectivity index (χ2v) is 7.35. The minimum atomic E-state index is -1.92. The smallest absolute Gasteiger partial charge is 0.386 e. The van der Waals surface area contributed by atoms with Crippen LogP contribution in [0.1, 0.15) is 29.5 Å². The van der Waals surface area contributed by atoms with Gasteiger partial charge in [0.1, 0.15) is 18.3 Å². The number of carbonyl (C=O) groups is 2. The third kappa shape index (κ3) is 5.46. The van der Waals surface area contributed by atoms with Crippen LogP contribution >= 0.6 is 0 Å². The van der Waals surface area contributed by atoms with Crippen LogP contribution in [-0.4, -0.2) is 63.1 Å². The van der Waals surface area contributed by atoms with Crippen LogP contribution in [-0.2, 0) is 30.5 Å². The Labute approximate surface area is 178 Å². The Morgan fingerprint density at radius 2 is 1.58 bits per heavy atom. The van der Waals surface area contributed by atoms with Crippen molar-refractivity contribution in [3.05, 3.63) is 71.3 Å². The fraction of sp³-hybridized carbons (Fsp3) is 0.364. The van der Waals surface area contributed by atoms with Gasteiger partial charge in [0, 0.05) is 0 Å². The highest BCUT2D eigenvalue weighted by molar-refractivity contribution is 5.80. The summed E-state index contributed by atoms with van der Waals surface area (Å²) in [5, 5.41) is 38.3. The lowest BCUT2D eigenvalue weighted by Crippen LogP contribution is -2.60. The van der Waals surface area contributed by atoms with Gasteiger partial charge in [0.25, 0.3) is 0 Å². The monoisotopic (exact) mass is 432 g/mol. The molecule has 2 aromatic rings. The number of hydrogen-bond donors (Lipinski definition) is 4. The topological polar surface area (TPSA) is 143 Å². The van der Waals surface area contributed by atoms with Crippen molar-refractivity contribution in [3.63, 3.8) is 0 Å². The molecule has 31 heavy (non-hydrogen) atoms.